The molecule has 0 aliphatic carbocycles. The van der Waals surface area contributed by atoms with E-state index in [9.17, 15) is 4.39 Å². The Morgan fingerprint density at radius 1 is 1.05 bits per heavy atom. The van der Waals surface area contributed by atoms with Crippen molar-refractivity contribution in [3.63, 3.8) is 0 Å². The zero-order valence-corrected chi connectivity index (χ0v) is 12.5. The van der Waals surface area contributed by atoms with Gasteiger partial charge in [-0.15, -0.1) is 11.6 Å². The summed E-state index contributed by atoms with van der Waals surface area (Å²) in [5, 5.41) is 0. The van der Waals surface area contributed by atoms with Crippen LogP contribution in [0, 0.1) is 5.82 Å². The first kappa shape index (κ1) is 16.3. The summed E-state index contributed by atoms with van der Waals surface area (Å²) in [5.41, 5.74) is 0.726. The molecule has 0 unspecified atom stereocenters. The van der Waals surface area contributed by atoms with Gasteiger partial charge in [-0.3, -0.25) is 0 Å². The van der Waals surface area contributed by atoms with Gasteiger partial charge in [-0.25, -0.2) is 4.39 Å². The molecule has 0 saturated carbocycles. The van der Waals surface area contributed by atoms with Gasteiger partial charge < -0.3 is 4.74 Å². The summed E-state index contributed by atoms with van der Waals surface area (Å²) >= 11 is 5.77. The molecule has 3 heteroatoms. The number of ether oxygens (including phenoxy) is 1. The number of hydrogen-bond acceptors (Lipinski definition) is 1. The first-order valence-electron chi connectivity index (χ1n) is 7.25. The lowest BCUT2D eigenvalue weighted by molar-refractivity contribution is 0.301. The van der Waals surface area contributed by atoms with Crippen molar-refractivity contribution in [1.29, 1.82) is 0 Å². The lowest BCUT2D eigenvalue weighted by atomic mass is 10.1. The van der Waals surface area contributed by atoms with E-state index in [1.165, 1.54) is 50.7 Å². The van der Waals surface area contributed by atoms with Crippen molar-refractivity contribution in [2.75, 3.05) is 6.61 Å². The van der Waals surface area contributed by atoms with Crippen molar-refractivity contribution in [3.8, 4) is 5.75 Å². The summed E-state index contributed by atoms with van der Waals surface area (Å²) < 4.78 is 18.7. The smallest absolute Gasteiger partial charge is 0.123 e. The van der Waals surface area contributed by atoms with Gasteiger partial charge in [0.1, 0.15) is 11.6 Å². The maximum absolute atomic E-state index is 13.0. The fraction of sp³-hybridized carbons (Fsp3) is 0.625. The Balaban J connectivity index is 2.15. The Hall–Kier alpha value is -0.760. The van der Waals surface area contributed by atoms with Gasteiger partial charge in [0, 0.05) is 5.56 Å². The predicted octanol–water partition coefficient (Wildman–Crippen LogP) is 5.69. The van der Waals surface area contributed by atoms with Gasteiger partial charge in [-0.05, 0) is 24.6 Å². The highest BCUT2D eigenvalue weighted by Gasteiger charge is 2.04. The van der Waals surface area contributed by atoms with Crippen LogP contribution in [0.25, 0.3) is 0 Å². The SMILES string of the molecule is CCCCCCCCCOc1ccc(F)cc1CCl. The van der Waals surface area contributed by atoms with Gasteiger partial charge in [0.05, 0.1) is 12.5 Å². The van der Waals surface area contributed by atoms with Crippen molar-refractivity contribution < 1.29 is 9.13 Å². The second kappa shape index (κ2) is 10.1. The molecule has 1 rings (SSSR count). The zero-order valence-electron chi connectivity index (χ0n) is 11.8. The van der Waals surface area contributed by atoms with Gasteiger partial charge in [-0.1, -0.05) is 45.4 Å². The summed E-state index contributed by atoms with van der Waals surface area (Å²) in [5.74, 6) is 0.728. The summed E-state index contributed by atoms with van der Waals surface area (Å²) in [4.78, 5) is 0. The van der Waals surface area contributed by atoms with Crippen LogP contribution in [0.1, 0.15) is 57.4 Å². The number of halogens is 2. The number of rotatable bonds is 10. The minimum Gasteiger partial charge on any atom is -0.493 e. The molecule has 0 radical (unpaired) electrons. The largest absolute Gasteiger partial charge is 0.493 e. The monoisotopic (exact) mass is 286 g/mol. The molecular weight excluding hydrogens is 263 g/mol. The molecule has 0 spiro atoms. The molecule has 19 heavy (non-hydrogen) atoms. The maximum atomic E-state index is 13.0. The molecule has 0 aliphatic rings. The maximum Gasteiger partial charge on any atom is 0.123 e. The highest BCUT2D eigenvalue weighted by atomic mass is 35.5. The van der Waals surface area contributed by atoms with Crippen LogP contribution in [-0.2, 0) is 5.88 Å². The molecule has 108 valence electrons. The first-order chi connectivity index (χ1) is 9.27. The van der Waals surface area contributed by atoms with Crippen molar-refractivity contribution in [2.24, 2.45) is 0 Å². The number of unbranched alkanes of at least 4 members (excludes halogenated alkanes) is 6. The summed E-state index contributed by atoms with van der Waals surface area (Å²) in [7, 11) is 0. The predicted molar refractivity (Wildman–Crippen MR) is 79.4 cm³/mol. The van der Waals surface area contributed by atoms with Crippen LogP contribution < -0.4 is 4.74 Å². The second-order valence-corrected chi connectivity index (χ2v) is 5.12. The van der Waals surface area contributed by atoms with Crippen LogP contribution in [0.3, 0.4) is 0 Å². The third-order valence-corrected chi connectivity index (χ3v) is 3.46. The molecule has 0 heterocycles. The van der Waals surface area contributed by atoms with E-state index in [0.29, 0.717) is 12.4 Å². The van der Waals surface area contributed by atoms with E-state index in [-0.39, 0.29) is 11.7 Å². The number of alkyl halides is 1. The molecule has 0 N–H and O–H groups in total. The second-order valence-electron chi connectivity index (χ2n) is 4.86. The number of hydrogen-bond donors (Lipinski definition) is 0. The van der Waals surface area contributed by atoms with Crippen molar-refractivity contribution in [1.82, 2.24) is 0 Å². The Morgan fingerprint density at radius 3 is 2.42 bits per heavy atom. The standard InChI is InChI=1S/C16H24ClFO/c1-2-3-4-5-6-7-8-11-19-16-10-9-15(18)12-14(16)13-17/h9-10,12H,2-8,11,13H2,1H3. The van der Waals surface area contributed by atoms with Crippen molar-refractivity contribution >= 4 is 11.6 Å². The van der Waals surface area contributed by atoms with E-state index >= 15 is 0 Å². The van der Waals surface area contributed by atoms with Gasteiger partial charge in [0.2, 0.25) is 0 Å². The fourth-order valence-corrected chi connectivity index (χ4v) is 2.24. The highest BCUT2D eigenvalue weighted by Crippen LogP contribution is 2.22. The van der Waals surface area contributed by atoms with E-state index in [0.717, 1.165) is 12.0 Å². The van der Waals surface area contributed by atoms with Crippen LogP contribution >= 0.6 is 11.6 Å². The minimum absolute atomic E-state index is 0.265. The molecule has 0 aromatic heterocycles. The quantitative estimate of drug-likeness (QED) is 0.396. The Morgan fingerprint density at radius 2 is 1.74 bits per heavy atom. The van der Waals surface area contributed by atoms with Crippen LogP contribution in [-0.4, -0.2) is 6.61 Å². The van der Waals surface area contributed by atoms with Gasteiger partial charge in [0.15, 0.2) is 0 Å². The Labute approximate surface area is 121 Å². The Bertz CT molecular complexity index is 355. The van der Waals surface area contributed by atoms with Crippen LogP contribution in [0.2, 0.25) is 0 Å². The summed E-state index contributed by atoms with van der Waals surface area (Å²) in [6, 6.07) is 4.51. The average molecular weight is 287 g/mol. The van der Waals surface area contributed by atoms with E-state index in [4.69, 9.17) is 16.3 Å². The topological polar surface area (TPSA) is 9.23 Å². The fourth-order valence-electron chi connectivity index (χ4n) is 2.03. The molecule has 0 amide bonds. The third kappa shape index (κ3) is 6.81. The van der Waals surface area contributed by atoms with Crippen LogP contribution in [0.5, 0.6) is 5.75 Å². The van der Waals surface area contributed by atoms with Crippen molar-refractivity contribution in [2.45, 2.75) is 57.7 Å². The molecule has 0 atom stereocenters. The molecule has 0 saturated heterocycles. The molecule has 0 aliphatic heterocycles. The van der Waals surface area contributed by atoms with E-state index in [1.807, 2.05) is 0 Å². The summed E-state index contributed by atoms with van der Waals surface area (Å²) in [6.45, 7) is 2.91. The lowest BCUT2D eigenvalue weighted by Gasteiger charge is -2.10. The van der Waals surface area contributed by atoms with Gasteiger partial charge in [-0.2, -0.15) is 0 Å². The lowest BCUT2D eigenvalue weighted by Crippen LogP contribution is -2.00. The van der Waals surface area contributed by atoms with E-state index in [1.54, 1.807) is 6.07 Å². The van der Waals surface area contributed by atoms with Crippen LogP contribution in [0.15, 0.2) is 18.2 Å². The normalized spacial score (nSPS) is 10.7. The van der Waals surface area contributed by atoms with Crippen LogP contribution in [0.4, 0.5) is 4.39 Å². The van der Waals surface area contributed by atoms with E-state index < -0.39 is 0 Å². The van der Waals surface area contributed by atoms with Crippen molar-refractivity contribution in [3.05, 3.63) is 29.6 Å². The molecule has 0 fully saturated rings. The molecule has 1 nitrogen and oxygen atoms in total. The minimum atomic E-state index is -0.265. The van der Waals surface area contributed by atoms with E-state index in [2.05, 4.69) is 6.92 Å². The highest BCUT2D eigenvalue weighted by molar-refractivity contribution is 6.17. The average Bonchev–Trinajstić information content (AvgIpc) is 2.43. The Kier molecular flexibility index (Phi) is 8.64. The molecule has 1 aromatic rings. The summed E-state index contributed by atoms with van der Waals surface area (Å²) in [6.07, 6.45) is 8.80. The third-order valence-electron chi connectivity index (χ3n) is 3.17. The van der Waals surface area contributed by atoms with Gasteiger partial charge in [0.25, 0.3) is 0 Å². The molecule has 0 bridgehead atoms. The first-order valence-corrected chi connectivity index (χ1v) is 7.78. The molecule has 1 aromatic carbocycles. The number of benzene rings is 1. The zero-order chi connectivity index (χ0) is 13.9. The van der Waals surface area contributed by atoms with Gasteiger partial charge >= 0.3 is 0 Å². The molecular formula is C16H24ClFO.